The third-order valence-electron chi connectivity index (χ3n) is 8.70. The number of benzene rings is 1. The van der Waals surface area contributed by atoms with Gasteiger partial charge in [-0.3, -0.25) is 4.79 Å². The Kier molecular flexibility index (Phi) is 5.30. The van der Waals surface area contributed by atoms with Gasteiger partial charge in [-0.2, -0.15) is 0 Å². The standard InChI is InChI=1S/C39H27NO/c41-38-39(34-23-29-15-7-2-8-16-30(29)24-34,35-25-31-17-9-3-10-18-32(31)26-35)37(40(38)36-19-11-4-12-20-36)33-21-27-13-5-1-6-14-28(27)22-33/h1-26,37H. The molecule has 0 radical (unpaired) electrons. The number of carbonyl (C=O) groups excluding carboxylic acids is 1. The summed E-state index contributed by atoms with van der Waals surface area (Å²) in [4.78, 5) is 16.9. The van der Waals surface area contributed by atoms with E-state index in [0.29, 0.717) is 0 Å². The largest absolute Gasteiger partial charge is 0.302 e. The third kappa shape index (κ3) is 3.54. The molecule has 2 nitrogen and oxygen atoms in total. The number of hydrogen-bond acceptors (Lipinski definition) is 1. The Hall–Kier alpha value is -5.21. The second kappa shape index (κ2) is 9.18. The van der Waals surface area contributed by atoms with Gasteiger partial charge in [0.05, 0.1) is 6.04 Å². The predicted molar refractivity (Wildman–Crippen MR) is 167 cm³/mol. The van der Waals surface area contributed by atoms with Crippen LogP contribution >= 0.6 is 0 Å². The smallest absolute Gasteiger partial charge is 0.245 e. The third-order valence-corrected chi connectivity index (χ3v) is 8.70. The summed E-state index contributed by atoms with van der Waals surface area (Å²) in [6.45, 7) is 0. The highest BCUT2D eigenvalue weighted by molar-refractivity contribution is 6.13. The van der Waals surface area contributed by atoms with E-state index in [1.807, 2.05) is 47.4 Å². The van der Waals surface area contributed by atoms with Gasteiger partial charge in [0.15, 0.2) is 0 Å². The van der Waals surface area contributed by atoms with Crippen LogP contribution in [0.25, 0.3) is 33.4 Å². The van der Waals surface area contributed by atoms with E-state index in [-0.39, 0.29) is 11.9 Å². The van der Waals surface area contributed by atoms with Gasteiger partial charge < -0.3 is 4.90 Å². The molecule has 1 aliphatic heterocycles. The summed E-state index contributed by atoms with van der Waals surface area (Å²) < 4.78 is 0. The summed E-state index contributed by atoms with van der Waals surface area (Å²) in [7, 11) is 0. The van der Waals surface area contributed by atoms with E-state index >= 15 is 0 Å². The number of nitrogens with zero attached hydrogens (tertiary/aromatic N) is 1. The lowest BCUT2D eigenvalue weighted by Crippen LogP contribution is -2.66. The lowest BCUT2D eigenvalue weighted by Gasteiger charge is -2.56. The predicted octanol–water partition coefficient (Wildman–Crippen LogP) is 9.08. The van der Waals surface area contributed by atoms with Gasteiger partial charge in [-0.15, -0.1) is 0 Å². The van der Waals surface area contributed by atoms with Crippen LogP contribution in [0.1, 0.15) is 22.7 Å². The van der Waals surface area contributed by atoms with E-state index in [2.05, 4.69) is 115 Å². The minimum absolute atomic E-state index is 0.101. The van der Waals surface area contributed by atoms with Gasteiger partial charge in [0.25, 0.3) is 0 Å². The van der Waals surface area contributed by atoms with Gasteiger partial charge in [0, 0.05) is 5.69 Å². The number of β-lactam (4-membered cyclic amide) rings is 1. The average Bonchev–Trinajstić information content (AvgIpc) is 3.53. The molecular formula is C39H27NO. The van der Waals surface area contributed by atoms with Crippen molar-refractivity contribution in [3.63, 3.8) is 0 Å². The zero-order chi connectivity index (χ0) is 27.4. The maximum atomic E-state index is 14.9. The van der Waals surface area contributed by atoms with Crippen molar-refractivity contribution in [2.45, 2.75) is 11.5 Å². The lowest BCUT2D eigenvalue weighted by atomic mass is 9.60. The van der Waals surface area contributed by atoms with Crippen LogP contribution in [0.15, 0.2) is 158 Å². The van der Waals surface area contributed by atoms with E-state index in [9.17, 15) is 4.79 Å². The van der Waals surface area contributed by atoms with Crippen molar-refractivity contribution in [1.82, 2.24) is 0 Å². The second-order valence-corrected chi connectivity index (χ2v) is 11.0. The van der Waals surface area contributed by atoms with Gasteiger partial charge in [0.2, 0.25) is 5.91 Å². The lowest BCUT2D eigenvalue weighted by molar-refractivity contribution is -0.131. The van der Waals surface area contributed by atoms with Crippen LogP contribution in [0.2, 0.25) is 0 Å². The van der Waals surface area contributed by atoms with Crippen molar-refractivity contribution in [3.05, 3.63) is 174 Å². The highest BCUT2D eigenvalue weighted by Gasteiger charge is 2.64. The SMILES string of the molecule is O=C1N(c2ccccc2)C(c2cc3cccccc-3c2)C1(c1cc2cccccc-2c1)c1cc2cccccc-2c1. The maximum absolute atomic E-state index is 14.9. The zero-order valence-corrected chi connectivity index (χ0v) is 22.4. The molecule has 0 saturated carbocycles. The summed E-state index contributed by atoms with van der Waals surface area (Å²) in [5.41, 5.74) is 10.1. The molecule has 1 fully saturated rings. The van der Waals surface area contributed by atoms with Crippen molar-refractivity contribution in [2.75, 3.05) is 4.90 Å². The topological polar surface area (TPSA) is 20.3 Å². The molecule has 194 valence electrons. The Balaban J connectivity index is 1.45. The molecule has 1 amide bonds. The fourth-order valence-electron chi connectivity index (χ4n) is 6.82. The number of fused-ring (bicyclic) bond motifs is 3. The molecule has 8 rings (SSSR count). The van der Waals surface area contributed by atoms with Crippen LogP contribution in [0.4, 0.5) is 5.69 Å². The average molecular weight is 526 g/mol. The normalized spacial score (nSPS) is 16.2. The Morgan fingerprint density at radius 2 is 0.780 bits per heavy atom. The fraction of sp³-hybridized carbons (Fsp3) is 0.0513. The fourth-order valence-corrected chi connectivity index (χ4v) is 6.82. The number of hydrogen-bond donors (Lipinski definition) is 0. The second-order valence-electron chi connectivity index (χ2n) is 11.0. The molecule has 1 aromatic carbocycles. The van der Waals surface area contributed by atoms with E-state index in [0.717, 1.165) is 44.6 Å². The molecule has 7 aliphatic rings. The Bertz CT molecular complexity index is 1770. The Labute approximate surface area is 240 Å². The van der Waals surface area contributed by atoms with Crippen molar-refractivity contribution in [3.8, 4) is 33.4 Å². The van der Waals surface area contributed by atoms with Crippen LogP contribution in [-0.2, 0) is 10.2 Å². The summed E-state index contributed by atoms with van der Waals surface area (Å²) in [5, 5.41) is 0. The molecule has 1 unspecified atom stereocenters. The van der Waals surface area contributed by atoms with Crippen molar-refractivity contribution >= 4 is 11.6 Å². The van der Waals surface area contributed by atoms with Gasteiger partial charge in [-0.05, 0) is 98.6 Å². The molecule has 1 saturated heterocycles. The van der Waals surface area contributed by atoms with Crippen molar-refractivity contribution in [1.29, 1.82) is 0 Å². The highest BCUT2D eigenvalue weighted by Crippen LogP contribution is 2.60. The van der Waals surface area contributed by atoms with Crippen LogP contribution < -0.4 is 4.90 Å². The molecule has 1 atom stereocenters. The molecule has 6 aliphatic carbocycles. The monoisotopic (exact) mass is 525 g/mol. The quantitative estimate of drug-likeness (QED) is 0.210. The number of rotatable bonds is 4. The Morgan fingerprint density at radius 3 is 1.17 bits per heavy atom. The number of carbonyl (C=O) groups is 1. The van der Waals surface area contributed by atoms with E-state index in [1.165, 1.54) is 11.1 Å². The number of para-hydroxylation sites is 1. The minimum atomic E-state index is -0.877. The first kappa shape index (κ1) is 23.7. The van der Waals surface area contributed by atoms with Gasteiger partial charge >= 0.3 is 0 Å². The van der Waals surface area contributed by atoms with Crippen molar-refractivity contribution < 1.29 is 4.79 Å². The van der Waals surface area contributed by atoms with Gasteiger partial charge in [-0.1, -0.05) is 109 Å². The molecular weight excluding hydrogens is 498 g/mol. The van der Waals surface area contributed by atoms with Crippen LogP contribution in [0.5, 0.6) is 0 Å². The first-order chi connectivity index (χ1) is 20.2. The zero-order valence-electron chi connectivity index (χ0n) is 22.4. The molecule has 1 heterocycles. The van der Waals surface area contributed by atoms with E-state index in [4.69, 9.17) is 0 Å². The minimum Gasteiger partial charge on any atom is -0.302 e. The molecule has 0 bridgehead atoms. The van der Waals surface area contributed by atoms with E-state index in [1.54, 1.807) is 0 Å². The molecule has 41 heavy (non-hydrogen) atoms. The molecule has 1 aromatic rings. The first-order valence-electron chi connectivity index (χ1n) is 14.1. The van der Waals surface area contributed by atoms with Gasteiger partial charge in [0.1, 0.15) is 5.41 Å². The molecule has 0 aromatic heterocycles. The summed E-state index contributed by atoms with van der Waals surface area (Å²) in [6.07, 6.45) is 0. The molecule has 2 heteroatoms. The number of anilines is 1. The summed E-state index contributed by atoms with van der Waals surface area (Å²) in [5.74, 6) is 0.101. The van der Waals surface area contributed by atoms with Crippen LogP contribution in [0, 0.1) is 0 Å². The van der Waals surface area contributed by atoms with E-state index < -0.39 is 5.41 Å². The molecule has 0 spiro atoms. The van der Waals surface area contributed by atoms with Gasteiger partial charge in [-0.25, -0.2) is 0 Å². The highest BCUT2D eigenvalue weighted by atomic mass is 16.2. The maximum Gasteiger partial charge on any atom is 0.245 e. The van der Waals surface area contributed by atoms with Crippen molar-refractivity contribution in [2.24, 2.45) is 0 Å². The molecule has 0 N–H and O–H groups in total. The van der Waals surface area contributed by atoms with Crippen LogP contribution in [-0.4, -0.2) is 5.91 Å². The number of amides is 1. The van der Waals surface area contributed by atoms with Crippen LogP contribution in [0.3, 0.4) is 0 Å². The Morgan fingerprint density at radius 1 is 0.439 bits per heavy atom. The first-order valence-corrected chi connectivity index (χ1v) is 14.1. The summed E-state index contributed by atoms with van der Waals surface area (Å²) in [6, 6.07) is 54.7. The summed E-state index contributed by atoms with van der Waals surface area (Å²) >= 11 is 0.